The summed E-state index contributed by atoms with van der Waals surface area (Å²) in [6, 6.07) is 6.52. The van der Waals surface area contributed by atoms with E-state index >= 15 is 0 Å². The van der Waals surface area contributed by atoms with E-state index in [9.17, 15) is 13.6 Å². The highest BCUT2D eigenvalue weighted by Crippen LogP contribution is 2.48. The molecule has 30 heavy (non-hydrogen) atoms. The lowest BCUT2D eigenvalue weighted by atomic mass is 9.75. The van der Waals surface area contributed by atoms with Gasteiger partial charge in [0.05, 0.1) is 24.8 Å². The van der Waals surface area contributed by atoms with Crippen LogP contribution in [0.4, 0.5) is 8.78 Å². The summed E-state index contributed by atoms with van der Waals surface area (Å²) < 4.78 is 34.1. The topological polar surface area (TPSA) is 54.5 Å². The average molecular weight is 413 g/mol. The summed E-state index contributed by atoms with van der Waals surface area (Å²) >= 11 is 0. The Morgan fingerprint density at radius 3 is 2.90 bits per heavy atom. The number of carbonyl (C=O) groups excluding carboxylic acids is 1. The van der Waals surface area contributed by atoms with Gasteiger partial charge in [-0.05, 0) is 67.6 Å². The Labute approximate surface area is 174 Å². The van der Waals surface area contributed by atoms with Crippen LogP contribution >= 0.6 is 0 Å². The van der Waals surface area contributed by atoms with Crippen molar-refractivity contribution in [2.24, 2.45) is 5.92 Å². The summed E-state index contributed by atoms with van der Waals surface area (Å²) in [4.78, 5) is 20.2. The van der Waals surface area contributed by atoms with E-state index in [0.717, 1.165) is 24.1 Å². The largest absolute Gasteiger partial charge is 0.365 e. The molecule has 1 saturated carbocycles. The molecule has 2 atom stereocenters. The zero-order valence-electron chi connectivity index (χ0n) is 17.0. The molecule has 1 aliphatic carbocycles. The molecular formula is C23H25F2N3O2. The van der Waals surface area contributed by atoms with E-state index in [0.29, 0.717) is 37.2 Å². The number of carbonyl (C=O) groups is 1. The second kappa shape index (κ2) is 7.39. The van der Waals surface area contributed by atoms with Crippen molar-refractivity contribution in [3.05, 3.63) is 64.5 Å². The predicted molar refractivity (Wildman–Crippen MR) is 106 cm³/mol. The lowest BCUT2D eigenvalue weighted by molar-refractivity contribution is -0.157. The Kier molecular flexibility index (Phi) is 4.82. The smallest absolute Gasteiger partial charge is 0.230 e. The minimum absolute atomic E-state index is 0.00710. The standard InChI is InChI=1S/C23H25F2N3O2/c1-14-3-2-7-27-21(14)12-28(16-4-5-16)22(29)18-11-26-8-6-23(18)17-10-20(25)19(24)9-15(17)13-30-23/h2-3,7,9-10,16,18,26H,4-6,8,11-13H2,1H3/t18-,23?/m1/s1. The van der Waals surface area contributed by atoms with Gasteiger partial charge in [-0.2, -0.15) is 0 Å². The van der Waals surface area contributed by atoms with Gasteiger partial charge in [0.1, 0.15) is 5.60 Å². The van der Waals surface area contributed by atoms with Gasteiger partial charge in [-0.3, -0.25) is 9.78 Å². The number of rotatable bonds is 4. The van der Waals surface area contributed by atoms with Crippen LogP contribution in [0.5, 0.6) is 0 Å². The number of piperidine rings is 1. The first kappa shape index (κ1) is 19.6. The monoisotopic (exact) mass is 413 g/mol. The second-order valence-electron chi connectivity index (χ2n) is 8.57. The fourth-order valence-electron chi connectivity index (χ4n) is 4.85. The Morgan fingerprint density at radius 2 is 2.13 bits per heavy atom. The highest BCUT2D eigenvalue weighted by Gasteiger charge is 2.53. The van der Waals surface area contributed by atoms with Crippen LogP contribution in [-0.2, 0) is 28.3 Å². The van der Waals surface area contributed by atoms with Crippen LogP contribution in [0.3, 0.4) is 0 Å². The number of hydrogen-bond acceptors (Lipinski definition) is 4. The Hall–Kier alpha value is -2.38. The third kappa shape index (κ3) is 3.20. The molecule has 5 nitrogen and oxygen atoms in total. The lowest BCUT2D eigenvalue weighted by Gasteiger charge is -2.42. The molecule has 2 aromatic rings. The van der Waals surface area contributed by atoms with E-state index < -0.39 is 23.2 Å². The van der Waals surface area contributed by atoms with Gasteiger partial charge in [-0.15, -0.1) is 0 Å². The van der Waals surface area contributed by atoms with Crippen molar-refractivity contribution in [1.29, 1.82) is 0 Å². The van der Waals surface area contributed by atoms with Gasteiger partial charge in [0.25, 0.3) is 0 Å². The average Bonchev–Trinajstić information content (AvgIpc) is 3.53. The van der Waals surface area contributed by atoms with Crippen molar-refractivity contribution >= 4 is 5.91 Å². The quantitative estimate of drug-likeness (QED) is 0.837. The van der Waals surface area contributed by atoms with Gasteiger partial charge in [0, 0.05) is 18.8 Å². The normalized spacial score (nSPS) is 25.4. The van der Waals surface area contributed by atoms with Gasteiger partial charge < -0.3 is 15.0 Å². The van der Waals surface area contributed by atoms with Crippen molar-refractivity contribution < 1.29 is 18.3 Å². The minimum atomic E-state index is -0.918. The number of aryl methyl sites for hydroxylation is 1. The number of benzene rings is 1. The van der Waals surface area contributed by atoms with E-state index in [-0.39, 0.29) is 18.6 Å². The van der Waals surface area contributed by atoms with Gasteiger partial charge in [0.15, 0.2) is 11.6 Å². The van der Waals surface area contributed by atoms with Gasteiger partial charge >= 0.3 is 0 Å². The predicted octanol–water partition coefficient (Wildman–Crippen LogP) is 3.19. The molecule has 2 aliphatic heterocycles. The molecule has 2 fully saturated rings. The number of halogens is 2. The first-order chi connectivity index (χ1) is 14.5. The fraction of sp³-hybridized carbons (Fsp3) is 0.478. The molecule has 0 radical (unpaired) electrons. The van der Waals surface area contributed by atoms with E-state index in [2.05, 4.69) is 10.3 Å². The third-order valence-corrected chi connectivity index (χ3v) is 6.68. The molecule has 3 aliphatic rings. The van der Waals surface area contributed by atoms with Crippen LogP contribution < -0.4 is 5.32 Å². The van der Waals surface area contributed by atoms with Gasteiger partial charge in [0.2, 0.25) is 5.91 Å². The maximum Gasteiger partial charge on any atom is 0.230 e. The molecule has 158 valence electrons. The van der Waals surface area contributed by atoms with Crippen molar-refractivity contribution in [1.82, 2.24) is 15.2 Å². The summed E-state index contributed by atoms with van der Waals surface area (Å²) in [6.45, 7) is 3.74. The number of hydrogen-bond donors (Lipinski definition) is 1. The Bertz CT molecular complexity index is 994. The molecule has 1 saturated heterocycles. The van der Waals surface area contributed by atoms with Crippen molar-refractivity contribution in [3.8, 4) is 0 Å². The van der Waals surface area contributed by atoms with Gasteiger partial charge in [-0.1, -0.05) is 6.07 Å². The lowest BCUT2D eigenvalue weighted by Crippen LogP contribution is -2.55. The Morgan fingerprint density at radius 1 is 1.33 bits per heavy atom. The van der Waals surface area contributed by atoms with E-state index in [1.807, 2.05) is 24.0 Å². The third-order valence-electron chi connectivity index (χ3n) is 6.68. The number of aromatic nitrogens is 1. The summed E-state index contributed by atoms with van der Waals surface area (Å²) in [5.74, 6) is -2.28. The Balaban J connectivity index is 1.50. The number of pyridine rings is 1. The first-order valence-electron chi connectivity index (χ1n) is 10.5. The SMILES string of the molecule is Cc1cccnc1CN(C(=O)[C@H]1CNCCC12OCc1cc(F)c(F)cc12)C1CC1. The van der Waals surface area contributed by atoms with Crippen molar-refractivity contribution in [2.45, 2.75) is 51.0 Å². The van der Waals surface area contributed by atoms with Crippen LogP contribution in [0.2, 0.25) is 0 Å². The molecule has 3 heterocycles. The van der Waals surface area contributed by atoms with Crippen LogP contribution in [-0.4, -0.2) is 34.9 Å². The molecule has 7 heteroatoms. The highest BCUT2D eigenvalue weighted by atomic mass is 19.2. The second-order valence-corrected chi connectivity index (χ2v) is 8.57. The maximum atomic E-state index is 14.1. The zero-order chi connectivity index (χ0) is 20.9. The van der Waals surface area contributed by atoms with Crippen LogP contribution in [0, 0.1) is 24.5 Å². The molecule has 1 amide bonds. The van der Waals surface area contributed by atoms with Crippen molar-refractivity contribution in [3.63, 3.8) is 0 Å². The number of fused-ring (bicyclic) bond motifs is 2. The molecule has 1 unspecified atom stereocenters. The molecular weight excluding hydrogens is 388 g/mol. The maximum absolute atomic E-state index is 14.1. The van der Waals surface area contributed by atoms with E-state index in [1.165, 1.54) is 12.1 Å². The summed E-state index contributed by atoms with van der Waals surface area (Å²) in [7, 11) is 0. The minimum Gasteiger partial charge on any atom is -0.365 e. The number of nitrogens with zero attached hydrogens (tertiary/aromatic N) is 2. The molecule has 5 rings (SSSR count). The molecule has 0 bridgehead atoms. The number of nitrogens with one attached hydrogen (secondary N) is 1. The van der Waals surface area contributed by atoms with Crippen LogP contribution in [0.1, 0.15) is 41.6 Å². The fourth-order valence-corrected chi connectivity index (χ4v) is 4.85. The highest BCUT2D eigenvalue weighted by molar-refractivity contribution is 5.82. The van der Waals surface area contributed by atoms with Crippen molar-refractivity contribution in [2.75, 3.05) is 13.1 Å². The summed E-state index contributed by atoms with van der Waals surface area (Å²) in [5, 5.41) is 3.30. The zero-order valence-corrected chi connectivity index (χ0v) is 17.0. The first-order valence-corrected chi connectivity index (χ1v) is 10.5. The molecule has 1 N–H and O–H groups in total. The summed E-state index contributed by atoms with van der Waals surface area (Å²) in [5.41, 5.74) is 2.26. The van der Waals surface area contributed by atoms with E-state index in [4.69, 9.17) is 4.74 Å². The number of amides is 1. The van der Waals surface area contributed by atoms with Crippen LogP contribution in [0.25, 0.3) is 0 Å². The van der Waals surface area contributed by atoms with E-state index in [1.54, 1.807) is 6.20 Å². The molecule has 1 spiro atoms. The summed E-state index contributed by atoms with van der Waals surface area (Å²) in [6.07, 6.45) is 4.24. The molecule has 1 aromatic heterocycles. The number of ether oxygens (including phenoxy) is 1. The van der Waals surface area contributed by atoms with Gasteiger partial charge in [-0.25, -0.2) is 8.78 Å². The molecule has 1 aromatic carbocycles. The van der Waals surface area contributed by atoms with Crippen LogP contribution in [0.15, 0.2) is 30.5 Å².